The SMILES string of the molecule is CCOC(=O)C(C)(C)C1(C(=O)OCC)c2ccccc2-c2ccccc21. The maximum atomic E-state index is 13.4. The van der Waals surface area contributed by atoms with Crippen molar-refractivity contribution in [2.75, 3.05) is 13.2 Å². The van der Waals surface area contributed by atoms with Crippen LogP contribution in [0.3, 0.4) is 0 Å². The highest BCUT2D eigenvalue weighted by molar-refractivity contribution is 6.03. The van der Waals surface area contributed by atoms with Crippen LogP contribution in [0.5, 0.6) is 0 Å². The number of benzene rings is 2. The van der Waals surface area contributed by atoms with Crippen molar-refractivity contribution in [1.29, 1.82) is 0 Å². The van der Waals surface area contributed by atoms with Gasteiger partial charge in [0.05, 0.1) is 18.6 Å². The predicted molar refractivity (Wildman–Crippen MR) is 99.7 cm³/mol. The molecule has 1 aliphatic rings. The molecule has 0 fully saturated rings. The van der Waals surface area contributed by atoms with Crippen molar-refractivity contribution >= 4 is 11.9 Å². The fraction of sp³-hybridized carbons (Fsp3) is 0.364. The minimum absolute atomic E-state index is 0.240. The lowest BCUT2D eigenvalue weighted by atomic mass is 9.60. The van der Waals surface area contributed by atoms with Crippen LogP contribution in [0.4, 0.5) is 0 Å². The zero-order valence-corrected chi connectivity index (χ0v) is 15.7. The maximum Gasteiger partial charge on any atom is 0.322 e. The van der Waals surface area contributed by atoms with Gasteiger partial charge in [-0.3, -0.25) is 9.59 Å². The maximum absolute atomic E-state index is 13.4. The topological polar surface area (TPSA) is 52.6 Å². The van der Waals surface area contributed by atoms with Crippen LogP contribution in [0.2, 0.25) is 0 Å². The number of carbonyl (C=O) groups excluding carboxylic acids is 2. The third-order valence-electron chi connectivity index (χ3n) is 5.26. The first kappa shape index (κ1) is 18.2. The predicted octanol–water partition coefficient (Wildman–Crippen LogP) is 4.11. The molecule has 0 bridgehead atoms. The molecule has 0 unspecified atom stereocenters. The zero-order chi connectivity index (χ0) is 18.9. The Morgan fingerprint density at radius 2 is 1.31 bits per heavy atom. The van der Waals surface area contributed by atoms with E-state index in [-0.39, 0.29) is 13.2 Å². The Morgan fingerprint density at radius 3 is 1.77 bits per heavy atom. The van der Waals surface area contributed by atoms with Gasteiger partial charge in [-0.15, -0.1) is 0 Å². The first-order valence-corrected chi connectivity index (χ1v) is 8.96. The van der Waals surface area contributed by atoms with Gasteiger partial charge in [0.25, 0.3) is 0 Å². The van der Waals surface area contributed by atoms with E-state index in [1.54, 1.807) is 27.7 Å². The van der Waals surface area contributed by atoms with Crippen molar-refractivity contribution in [2.45, 2.75) is 33.1 Å². The molecule has 0 atom stereocenters. The second kappa shape index (κ2) is 6.60. The van der Waals surface area contributed by atoms with Crippen molar-refractivity contribution in [2.24, 2.45) is 5.41 Å². The molecular weight excluding hydrogens is 328 g/mol. The second-order valence-electron chi connectivity index (χ2n) is 6.91. The third kappa shape index (κ3) is 2.28. The summed E-state index contributed by atoms with van der Waals surface area (Å²) in [4.78, 5) is 26.4. The van der Waals surface area contributed by atoms with Gasteiger partial charge in [0.15, 0.2) is 0 Å². The Bertz CT molecular complexity index is 805. The fourth-order valence-corrected chi connectivity index (χ4v) is 4.09. The molecule has 0 aromatic heterocycles. The average Bonchev–Trinajstić information content (AvgIpc) is 2.94. The van der Waals surface area contributed by atoms with E-state index in [0.717, 1.165) is 22.3 Å². The summed E-state index contributed by atoms with van der Waals surface area (Å²) in [5.74, 6) is -0.838. The molecular formula is C22H24O4. The van der Waals surface area contributed by atoms with Crippen molar-refractivity contribution in [1.82, 2.24) is 0 Å². The summed E-state index contributed by atoms with van der Waals surface area (Å²) < 4.78 is 10.9. The molecule has 2 aromatic rings. The Hall–Kier alpha value is -2.62. The molecule has 4 nitrogen and oxygen atoms in total. The monoisotopic (exact) mass is 352 g/mol. The van der Waals surface area contributed by atoms with E-state index in [0.29, 0.717) is 0 Å². The molecule has 4 heteroatoms. The minimum Gasteiger partial charge on any atom is -0.466 e. The number of rotatable bonds is 5. The standard InChI is InChI=1S/C22H24O4/c1-5-25-19(23)21(3,4)22(20(24)26-6-2)17-13-9-7-11-15(17)16-12-8-10-14-18(16)22/h7-14H,5-6H2,1-4H3. The van der Waals surface area contributed by atoms with Crippen molar-refractivity contribution in [3.63, 3.8) is 0 Å². The molecule has 0 saturated carbocycles. The first-order valence-electron chi connectivity index (χ1n) is 8.96. The van der Waals surface area contributed by atoms with Crippen LogP contribution in [0.1, 0.15) is 38.8 Å². The van der Waals surface area contributed by atoms with E-state index in [1.165, 1.54) is 0 Å². The lowest BCUT2D eigenvalue weighted by Gasteiger charge is -2.41. The van der Waals surface area contributed by atoms with E-state index in [4.69, 9.17) is 9.47 Å². The number of esters is 2. The Labute approximate surface area is 154 Å². The molecule has 0 spiro atoms. The highest BCUT2D eigenvalue weighted by Gasteiger charge is 2.63. The highest BCUT2D eigenvalue weighted by Crippen LogP contribution is 2.58. The number of ether oxygens (including phenoxy) is 2. The number of fused-ring (bicyclic) bond motifs is 3. The zero-order valence-electron chi connectivity index (χ0n) is 15.7. The van der Waals surface area contributed by atoms with Gasteiger partial charge in [0, 0.05) is 0 Å². The Balaban J connectivity index is 2.39. The van der Waals surface area contributed by atoms with E-state index in [2.05, 4.69) is 0 Å². The van der Waals surface area contributed by atoms with Gasteiger partial charge in [-0.1, -0.05) is 48.5 Å². The summed E-state index contributed by atoms with van der Waals surface area (Å²) in [6.07, 6.45) is 0. The molecule has 2 aromatic carbocycles. The average molecular weight is 352 g/mol. The summed E-state index contributed by atoms with van der Waals surface area (Å²) in [5.41, 5.74) is 1.10. The van der Waals surface area contributed by atoms with Crippen LogP contribution in [0.25, 0.3) is 11.1 Å². The van der Waals surface area contributed by atoms with Crippen molar-refractivity contribution < 1.29 is 19.1 Å². The van der Waals surface area contributed by atoms with Gasteiger partial charge in [0.2, 0.25) is 0 Å². The molecule has 0 radical (unpaired) electrons. The molecule has 1 aliphatic carbocycles. The van der Waals surface area contributed by atoms with Gasteiger partial charge in [0.1, 0.15) is 5.41 Å². The van der Waals surface area contributed by atoms with Crippen LogP contribution in [0, 0.1) is 5.41 Å². The summed E-state index contributed by atoms with van der Waals surface area (Å²) in [7, 11) is 0. The smallest absolute Gasteiger partial charge is 0.322 e. The van der Waals surface area contributed by atoms with Crippen LogP contribution >= 0.6 is 0 Å². The molecule has 0 aliphatic heterocycles. The van der Waals surface area contributed by atoms with Gasteiger partial charge >= 0.3 is 11.9 Å². The van der Waals surface area contributed by atoms with Gasteiger partial charge in [-0.05, 0) is 49.9 Å². The largest absolute Gasteiger partial charge is 0.466 e. The number of carbonyl (C=O) groups is 2. The van der Waals surface area contributed by atoms with E-state index >= 15 is 0 Å². The summed E-state index contributed by atoms with van der Waals surface area (Å²) in [6.45, 7) is 7.56. The van der Waals surface area contributed by atoms with Crippen LogP contribution in [-0.4, -0.2) is 25.2 Å². The summed E-state index contributed by atoms with van der Waals surface area (Å²) in [5, 5.41) is 0. The van der Waals surface area contributed by atoms with Gasteiger partial charge in [-0.2, -0.15) is 0 Å². The molecule has 0 N–H and O–H groups in total. The third-order valence-corrected chi connectivity index (χ3v) is 5.26. The number of hydrogen-bond donors (Lipinski definition) is 0. The van der Waals surface area contributed by atoms with E-state index in [9.17, 15) is 9.59 Å². The number of hydrogen-bond acceptors (Lipinski definition) is 4. The van der Waals surface area contributed by atoms with E-state index in [1.807, 2.05) is 48.5 Å². The molecule has 0 amide bonds. The van der Waals surface area contributed by atoms with Crippen LogP contribution < -0.4 is 0 Å². The first-order chi connectivity index (χ1) is 12.4. The normalized spacial score (nSPS) is 14.3. The summed E-state index contributed by atoms with van der Waals surface area (Å²) >= 11 is 0. The quantitative estimate of drug-likeness (QED) is 0.760. The Morgan fingerprint density at radius 1 is 0.846 bits per heavy atom. The Kier molecular flexibility index (Phi) is 4.61. The van der Waals surface area contributed by atoms with Crippen molar-refractivity contribution in [3.8, 4) is 11.1 Å². The second-order valence-corrected chi connectivity index (χ2v) is 6.91. The van der Waals surface area contributed by atoms with E-state index < -0.39 is 22.8 Å². The molecule has 136 valence electrons. The van der Waals surface area contributed by atoms with Gasteiger partial charge in [-0.25, -0.2) is 0 Å². The lowest BCUT2D eigenvalue weighted by Crippen LogP contribution is -2.53. The highest BCUT2D eigenvalue weighted by atomic mass is 16.5. The molecule has 0 saturated heterocycles. The van der Waals surface area contributed by atoms with Gasteiger partial charge < -0.3 is 9.47 Å². The van der Waals surface area contributed by atoms with Crippen LogP contribution in [0.15, 0.2) is 48.5 Å². The van der Waals surface area contributed by atoms with Crippen LogP contribution in [-0.2, 0) is 24.5 Å². The molecule has 0 heterocycles. The fourth-order valence-electron chi connectivity index (χ4n) is 4.09. The summed E-state index contributed by atoms with van der Waals surface area (Å²) in [6, 6.07) is 15.4. The van der Waals surface area contributed by atoms with Crippen molar-refractivity contribution in [3.05, 3.63) is 59.7 Å². The minimum atomic E-state index is -1.25. The molecule has 3 rings (SSSR count). The lowest BCUT2D eigenvalue weighted by molar-refractivity contribution is -0.167. The molecule has 26 heavy (non-hydrogen) atoms.